The molecule has 2 aromatic carbocycles. The third kappa shape index (κ3) is 2.45. The molecule has 0 amide bonds. The maximum Gasteiger partial charge on any atom is 0.147 e. The van der Waals surface area contributed by atoms with Crippen LogP contribution in [0.4, 0.5) is 0 Å². The van der Waals surface area contributed by atoms with Gasteiger partial charge in [0.1, 0.15) is 5.78 Å². The highest BCUT2D eigenvalue weighted by molar-refractivity contribution is 7.99. The van der Waals surface area contributed by atoms with Gasteiger partial charge >= 0.3 is 0 Å². The van der Waals surface area contributed by atoms with Crippen molar-refractivity contribution < 1.29 is 4.79 Å². The highest BCUT2D eigenvalue weighted by atomic mass is 32.2. The van der Waals surface area contributed by atoms with Crippen LogP contribution in [0.25, 0.3) is 10.8 Å². The van der Waals surface area contributed by atoms with Gasteiger partial charge in [0.2, 0.25) is 0 Å². The average Bonchev–Trinajstić information content (AvgIpc) is 2.30. The number of thioether (sulfide) groups is 1. The van der Waals surface area contributed by atoms with Gasteiger partial charge in [-0.3, -0.25) is 4.79 Å². The lowest BCUT2D eigenvalue weighted by Crippen LogP contribution is -2.05. The van der Waals surface area contributed by atoms with Gasteiger partial charge in [0.15, 0.2) is 0 Å². The van der Waals surface area contributed by atoms with Crippen LogP contribution >= 0.6 is 11.8 Å². The number of hydrogen-bond acceptors (Lipinski definition) is 2. The van der Waals surface area contributed by atoms with Crippen molar-refractivity contribution in [2.75, 3.05) is 12.0 Å². The molecular formula is C14H14OS. The van der Waals surface area contributed by atoms with E-state index in [1.165, 1.54) is 10.8 Å². The molecule has 82 valence electrons. The summed E-state index contributed by atoms with van der Waals surface area (Å²) < 4.78 is 0. The molecule has 0 saturated carbocycles. The van der Waals surface area contributed by atoms with E-state index in [1.54, 1.807) is 11.8 Å². The Bertz CT molecular complexity index is 500. The number of benzene rings is 2. The Labute approximate surface area is 99.9 Å². The molecule has 0 fully saturated rings. The first-order chi connectivity index (χ1) is 7.81. The molecule has 0 bridgehead atoms. The second kappa shape index (κ2) is 5.17. The molecule has 0 N–H and O–H groups in total. The number of Topliss-reactive ketones (excluding diaryl/α,β-unsaturated/α-hetero) is 1. The normalized spacial score (nSPS) is 10.6. The van der Waals surface area contributed by atoms with Crippen LogP contribution in [-0.4, -0.2) is 17.8 Å². The lowest BCUT2D eigenvalue weighted by atomic mass is 10.0. The molecule has 0 spiro atoms. The molecule has 0 saturated heterocycles. The van der Waals surface area contributed by atoms with Crippen LogP contribution in [0.1, 0.15) is 5.56 Å². The molecule has 0 aliphatic rings. The summed E-state index contributed by atoms with van der Waals surface area (Å²) in [6, 6.07) is 14.3. The van der Waals surface area contributed by atoms with E-state index in [4.69, 9.17) is 0 Å². The highest BCUT2D eigenvalue weighted by Crippen LogP contribution is 2.19. The summed E-state index contributed by atoms with van der Waals surface area (Å²) in [5.74, 6) is 0.896. The number of carbonyl (C=O) groups excluding carboxylic acids is 1. The number of rotatable bonds is 4. The SMILES string of the molecule is CSCC(=O)Cc1cccc2ccccc12. The zero-order valence-corrected chi connectivity index (χ0v) is 10.1. The highest BCUT2D eigenvalue weighted by Gasteiger charge is 2.05. The van der Waals surface area contributed by atoms with Crippen LogP contribution in [-0.2, 0) is 11.2 Å². The number of ketones is 1. The fourth-order valence-corrected chi connectivity index (χ4v) is 2.30. The molecule has 2 heteroatoms. The lowest BCUT2D eigenvalue weighted by molar-refractivity contribution is -0.115. The van der Waals surface area contributed by atoms with Gasteiger partial charge in [-0.2, -0.15) is 11.8 Å². The van der Waals surface area contributed by atoms with E-state index >= 15 is 0 Å². The monoisotopic (exact) mass is 230 g/mol. The van der Waals surface area contributed by atoms with Crippen molar-refractivity contribution in [1.82, 2.24) is 0 Å². The molecule has 2 aromatic rings. The van der Waals surface area contributed by atoms with E-state index in [0.717, 1.165) is 5.56 Å². The van der Waals surface area contributed by atoms with Crippen molar-refractivity contribution in [3.8, 4) is 0 Å². The van der Waals surface area contributed by atoms with Crippen molar-refractivity contribution in [3.05, 3.63) is 48.0 Å². The van der Waals surface area contributed by atoms with Crippen LogP contribution in [0.15, 0.2) is 42.5 Å². The molecular weight excluding hydrogens is 216 g/mol. The van der Waals surface area contributed by atoms with Crippen LogP contribution in [0.5, 0.6) is 0 Å². The minimum Gasteiger partial charge on any atom is -0.298 e. The first-order valence-corrected chi connectivity index (χ1v) is 6.68. The summed E-state index contributed by atoms with van der Waals surface area (Å²) in [7, 11) is 0. The van der Waals surface area contributed by atoms with E-state index < -0.39 is 0 Å². The van der Waals surface area contributed by atoms with Crippen molar-refractivity contribution in [2.24, 2.45) is 0 Å². The van der Waals surface area contributed by atoms with Crippen molar-refractivity contribution in [1.29, 1.82) is 0 Å². The largest absolute Gasteiger partial charge is 0.298 e. The van der Waals surface area contributed by atoms with E-state index in [1.807, 2.05) is 30.5 Å². The topological polar surface area (TPSA) is 17.1 Å². The van der Waals surface area contributed by atoms with Crippen LogP contribution in [0, 0.1) is 0 Å². The first-order valence-electron chi connectivity index (χ1n) is 5.28. The number of hydrogen-bond donors (Lipinski definition) is 0. The summed E-state index contributed by atoms with van der Waals surface area (Å²) in [5.41, 5.74) is 1.14. The molecule has 1 nitrogen and oxygen atoms in total. The van der Waals surface area contributed by atoms with Crippen LogP contribution in [0.3, 0.4) is 0 Å². The Kier molecular flexibility index (Phi) is 3.62. The average molecular weight is 230 g/mol. The van der Waals surface area contributed by atoms with Crippen LogP contribution < -0.4 is 0 Å². The molecule has 0 unspecified atom stereocenters. The minimum absolute atomic E-state index is 0.295. The fraction of sp³-hybridized carbons (Fsp3) is 0.214. The van der Waals surface area contributed by atoms with E-state index in [-0.39, 0.29) is 0 Å². The maximum absolute atomic E-state index is 11.6. The van der Waals surface area contributed by atoms with Crippen molar-refractivity contribution in [3.63, 3.8) is 0 Å². The van der Waals surface area contributed by atoms with Gasteiger partial charge in [0.05, 0.1) is 5.75 Å². The van der Waals surface area contributed by atoms with Gasteiger partial charge in [-0.05, 0) is 22.6 Å². The van der Waals surface area contributed by atoms with Gasteiger partial charge in [0, 0.05) is 6.42 Å². The molecule has 2 rings (SSSR count). The van der Waals surface area contributed by atoms with E-state index in [2.05, 4.69) is 18.2 Å². The fourth-order valence-electron chi connectivity index (χ4n) is 1.87. The van der Waals surface area contributed by atoms with Gasteiger partial charge in [-0.1, -0.05) is 42.5 Å². The molecule has 0 radical (unpaired) electrons. The van der Waals surface area contributed by atoms with Gasteiger partial charge in [-0.25, -0.2) is 0 Å². The number of fused-ring (bicyclic) bond motifs is 1. The second-order valence-corrected chi connectivity index (χ2v) is 4.65. The third-order valence-corrected chi connectivity index (χ3v) is 3.18. The Hall–Kier alpha value is -1.28. The third-order valence-electron chi connectivity index (χ3n) is 2.57. The predicted octanol–water partition coefficient (Wildman–Crippen LogP) is 3.31. The maximum atomic E-state index is 11.6. The zero-order valence-electron chi connectivity index (χ0n) is 9.27. The van der Waals surface area contributed by atoms with Crippen LogP contribution in [0.2, 0.25) is 0 Å². The first kappa shape index (κ1) is 11.2. The van der Waals surface area contributed by atoms with E-state index in [9.17, 15) is 4.79 Å². The Morgan fingerprint density at radius 1 is 1.12 bits per heavy atom. The zero-order chi connectivity index (χ0) is 11.4. The summed E-state index contributed by atoms with van der Waals surface area (Å²) in [6.45, 7) is 0. The Morgan fingerprint density at radius 2 is 1.88 bits per heavy atom. The quantitative estimate of drug-likeness (QED) is 0.801. The van der Waals surface area contributed by atoms with Gasteiger partial charge < -0.3 is 0 Å². The minimum atomic E-state index is 0.295. The van der Waals surface area contributed by atoms with E-state index in [0.29, 0.717) is 18.0 Å². The summed E-state index contributed by atoms with van der Waals surface area (Å²) in [5, 5.41) is 2.40. The summed E-state index contributed by atoms with van der Waals surface area (Å²) >= 11 is 1.58. The van der Waals surface area contributed by atoms with Crippen molar-refractivity contribution in [2.45, 2.75) is 6.42 Å². The number of carbonyl (C=O) groups is 1. The van der Waals surface area contributed by atoms with Gasteiger partial charge in [-0.15, -0.1) is 0 Å². The molecule has 16 heavy (non-hydrogen) atoms. The second-order valence-electron chi connectivity index (χ2n) is 3.79. The van der Waals surface area contributed by atoms with Crippen molar-refractivity contribution >= 4 is 28.3 Å². The summed E-state index contributed by atoms with van der Waals surface area (Å²) in [4.78, 5) is 11.6. The standard InChI is InChI=1S/C14H14OS/c1-16-10-13(15)9-12-7-4-6-11-5-2-3-8-14(11)12/h2-8H,9-10H2,1H3. The van der Waals surface area contributed by atoms with Gasteiger partial charge in [0.25, 0.3) is 0 Å². The summed E-state index contributed by atoms with van der Waals surface area (Å²) in [6.07, 6.45) is 2.50. The molecule has 0 heterocycles. The smallest absolute Gasteiger partial charge is 0.147 e. The molecule has 0 atom stereocenters. The Morgan fingerprint density at radius 3 is 2.69 bits per heavy atom. The Balaban J connectivity index is 2.33. The molecule has 0 aromatic heterocycles. The predicted molar refractivity (Wildman–Crippen MR) is 71.0 cm³/mol. The molecule has 0 aliphatic heterocycles. The lowest BCUT2D eigenvalue weighted by Gasteiger charge is -2.05. The molecule has 0 aliphatic carbocycles.